The van der Waals surface area contributed by atoms with E-state index in [0.29, 0.717) is 36.5 Å². The zero-order chi connectivity index (χ0) is 18.1. The van der Waals surface area contributed by atoms with Gasteiger partial charge < -0.3 is 4.90 Å². The molecule has 0 atom stereocenters. The van der Waals surface area contributed by atoms with Crippen molar-refractivity contribution < 1.29 is 9.63 Å². The number of halogens is 2. The molecule has 134 valence electrons. The second kappa shape index (κ2) is 7.02. The third-order valence-corrected chi connectivity index (χ3v) is 5.44. The first kappa shape index (κ1) is 17.5. The highest BCUT2D eigenvalue weighted by Gasteiger charge is 2.41. The normalized spacial score (nSPS) is 18.5. The maximum Gasteiger partial charge on any atom is 0.253 e. The maximum absolute atomic E-state index is 12.6. The van der Waals surface area contributed by atoms with Crippen molar-refractivity contribution in [3.8, 4) is 0 Å². The molecule has 26 heavy (non-hydrogen) atoms. The van der Waals surface area contributed by atoms with E-state index in [1.165, 1.54) is 0 Å². The second-order valence-electron chi connectivity index (χ2n) is 6.42. The summed E-state index contributed by atoms with van der Waals surface area (Å²) in [6.45, 7) is 1.17. The van der Waals surface area contributed by atoms with E-state index in [4.69, 9.17) is 21.4 Å². The Kier molecular flexibility index (Phi) is 4.73. The highest BCUT2D eigenvalue weighted by molar-refractivity contribution is 9.10. The number of aliphatic imine (C=N–C) groups is 1. The van der Waals surface area contributed by atoms with Gasteiger partial charge in [0.2, 0.25) is 0 Å². The number of benzene rings is 2. The number of piperidine rings is 1. The quantitative estimate of drug-likeness (QED) is 0.777. The van der Waals surface area contributed by atoms with Crippen LogP contribution in [0.4, 0.5) is 0 Å². The zero-order valence-corrected chi connectivity index (χ0v) is 16.3. The van der Waals surface area contributed by atoms with Gasteiger partial charge >= 0.3 is 0 Å². The fraction of sp³-hybridized carbons (Fsp3) is 0.263. The molecular formula is C19H17BrClN3O2. The van der Waals surface area contributed by atoms with E-state index >= 15 is 0 Å². The average Bonchev–Trinajstić information content (AvgIpc) is 3.06. The number of hydrogen-bond acceptors (Lipinski definition) is 4. The van der Waals surface area contributed by atoms with Crippen molar-refractivity contribution in [3.05, 3.63) is 69.2 Å². The minimum Gasteiger partial charge on any atom is -0.338 e. The summed E-state index contributed by atoms with van der Waals surface area (Å²) in [5.41, 5.74) is 3.93. The number of nitrogens with zero attached hydrogens (tertiary/aromatic N) is 2. The third-order valence-electron chi connectivity index (χ3n) is 4.67. The summed E-state index contributed by atoms with van der Waals surface area (Å²) in [6.07, 6.45) is 1.29. The number of carbonyl (C=O) groups excluding carboxylic acids is 1. The van der Waals surface area contributed by atoms with E-state index in [9.17, 15) is 4.79 Å². The molecule has 0 aliphatic carbocycles. The van der Waals surface area contributed by atoms with Gasteiger partial charge in [0.1, 0.15) is 0 Å². The number of carbonyl (C=O) groups is 1. The summed E-state index contributed by atoms with van der Waals surface area (Å²) in [5, 5.41) is 0.566. The summed E-state index contributed by atoms with van der Waals surface area (Å²) in [5.74, 6) is 0.720. The minimum atomic E-state index is -0.604. The van der Waals surface area contributed by atoms with E-state index < -0.39 is 5.72 Å². The van der Waals surface area contributed by atoms with Crippen molar-refractivity contribution in [3.63, 3.8) is 0 Å². The summed E-state index contributed by atoms with van der Waals surface area (Å²) in [6, 6.07) is 14.9. The lowest BCUT2D eigenvalue weighted by Gasteiger charge is -2.35. The fourth-order valence-corrected chi connectivity index (χ4v) is 3.66. The van der Waals surface area contributed by atoms with Gasteiger partial charge in [-0.05, 0) is 30.3 Å². The Labute approximate surface area is 165 Å². The molecule has 1 fully saturated rings. The Morgan fingerprint density at radius 3 is 2.62 bits per heavy atom. The van der Waals surface area contributed by atoms with Crippen LogP contribution in [0.3, 0.4) is 0 Å². The van der Waals surface area contributed by atoms with Gasteiger partial charge in [-0.3, -0.25) is 4.79 Å². The highest BCUT2D eigenvalue weighted by Crippen LogP contribution is 2.32. The summed E-state index contributed by atoms with van der Waals surface area (Å²) in [4.78, 5) is 25.0. The van der Waals surface area contributed by atoms with Crippen LogP contribution in [-0.4, -0.2) is 35.5 Å². The molecule has 2 aromatic rings. The number of rotatable bonds is 2. The molecule has 0 unspecified atom stereocenters. The van der Waals surface area contributed by atoms with Crippen LogP contribution in [0.1, 0.15) is 28.8 Å². The summed E-state index contributed by atoms with van der Waals surface area (Å²) >= 11 is 9.42. The van der Waals surface area contributed by atoms with Crippen LogP contribution in [-0.2, 0) is 4.84 Å². The minimum absolute atomic E-state index is 0.00887. The zero-order valence-electron chi connectivity index (χ0n) is 13.9. The predicted molar refractivity (Wildman–Crippen MR) is 104 cm³/mol. The molecular weight excluding hydrogens is 418 g/mol. The number of amides is 1. The number of hydroxylamine groups is 1. The molecule has 1 saturated heterocycles. The van der Waals surface area contributed by atoms with Gasteiger partial charge in [-0.2, -0.15) is 0 Å². The third kappa shape index (κ3) is 3.49. The molecule has 1 spiro atoms. The van der Waals surface area contributed by atoms with Gasteiger partial charge in [0, 0.05) is 46.6 Å². The van der Waals surface area contributed by atoms with Gasteiger partial charge in [0.05, 0.1) is 0 Å². The smallest absolute Gasteiger partial charge is 0.253 e. The van der Waals surface area contributed by atoms with E-state index in [0.717, 1.165) is 15.9 Å². The summed E-state index contributed by atoms with van der Waals surface area (Å²) in [7, 11) is 0. The SMILES string of the molecule is O=C(c1cccc(Cl)c1)N1CCC2(CC1)N=C(c1ccc(Br)cc1)NO2. The first-order valence-electron chi connectivity index (χ1n) is 8.39. The molecule has 2 aliphatic heterocycles. The first-order valence-corrected chi connectivity index (χ1v) is 9.56. The molecule has 2 aliphatic rings. The summed E-state index contributed by atoms with van der Waals surface area (Å²) < 4.78 is 1.02. The van der Waals surface area contributed by atoms with Crippen molar-refractivity contribution in [1.29, 1.82) is 0 Å². The monoisotopic (exact) mass is 433 g/mol. The number of likely N-dealkylation sites (tertiary alicyclic amines) is 1. The van der Waals surface area contributed by atoms with Gasteiger partial charge in [-0.25, -0.2) is 15.3 Å². The molecule has 1 amide bonds. The Bertz CT molecular complexity index is 861. The predicted octanol–water partition coefficient (Wildman–Crippen LogP) is 4.02. The Morgan fingerprint density at radius 2 is 1.92 bits per heavy atom. The van der Waals surface area contributed by atoms with Crippen LogP contribution in [0.15, 0.2) is 58.0 Å². The van der Waals surface area contributed by atoms with E-state index in [1.807, 2.05) is 29.2 Å². The molecule has 2 aromatic carbocycles. The van der Waals surface area contributed by atoms with Crippen LogP contribution >= 0.6 is 27.5 Å². The average molecular weight is 435 g/mol. The molecule has 0 saturated carbocycles. The second-order valence-corrected chi connectivity index (χ2v) is 7.77. The molecule has 0 bridgehead atoms. The standard InChI is InChI=1S/C19H17BrClN3O2/c20-15-6-4-13(5-7-15)17-22-19(26-23-17)8-10-24(11-9-19)18(25)14-2-1-3-16(21)12-14/h1-7,12H,8-11H2,(H,22,23). The Morgan fingerprint density at radius 1 is 1.19 bits per heavy atom. The first-order chi connectivity index (χ1) is 12.5. The van der Waals surface area contributed by atoms with Crippen molar-refractivity contribution in [1.82, 2.24) is 10.4 Å². The fourth-order valence-electron chi connectivity index (χ4n) is 3.20. The lowest BCUT2D eigenvalue weighted by molar-refractivity contribution is -0.0849. The lowest BCUT2D eigenvalue weighted by Crippen LogP contribution is -2.46. The van der Waals surface area contributed by atoms with Crippen LogP contribution in [0.2, 0.25) is 5.02 Å². The molecule has 7 heteroatoms. The van der Waals surface area contributed by atoms with Crippen LogP contribution in [0, 0.1) is 0 Å². The lowest BCUT2D eigenvalue weighted by atomic mass is 10.00. The van der Waals surface area contributed by atoms with Crippen LogP contribution in [0.5, 0.6) is 0 Å². The van der Waals surface area contributed by atoms with E-state index in [1.54, 1.807) is 24.3 Å². The van der Waals surface area contributed by atoms with Crippen molar-refractivity contribution in [2.24, 2.45) is 4.99 Å². The number of hydrogen-bond donors (Lipinski definition) is 1. The molecule has 5 nitrogen and oxygen atoms in total. The number of amidine groups is 1. The van der Waals surface area contributed by atoms with E-state index in [-0.39, 0.29) is 5.91 Å². The van der Waals surface area contributed by atoms with Crippen molar-refractivity contribution >= 4 is 39.3 Å². The highest BCUT2D eigenvalue weighted by atomic mass is 79.9. The molecule has 2 heterocycles. The number of nitrogens with one attached hydrogen (secondary N) is 1. The van der Waals surface area contributed by atoms with Gasteiger partial charge in [0.25, 0.3) is 5.91 Å². The Hall–Kier alpha value is -1.89. The van der Waals surface area contributed by atoms with Crippen LogP contribution in [0.25, 0.3) is 0 Å². The maximum atomic E-state index is 12.6. The Balaban J connectivity index is 1.45. The molecule has 4 rings (SSSR count). The van der Waals surface area contributed by atoms with E-state index in [2.05, 4.69) is 21.4 Å². The molecule has 0 aromatic heterocycles. The topological polar surface area (TPSA) is 53.9 Å². The van der Waals surface area contributed by atoms with Gasteiger partial charge in [-0.1, -0.05) is 45.7 Å². The molecule has 1 N–H and O–H groups in total. The van der Waals surface area contributed by atoms with Crippen molar-refractivity contribution in [2.45, 2.75) is 18.6 Å². The van der Waals surface area contributed by atoms with Gasteiger partial charge in [0.15, 0.2) is 11.6 Å². The van der Waals surface area contributed by atoms with Crippen molar-refractivity contribution in [2.75, 3.05) is 13.1 Å². The van der Waals surface area contributed by atoms with Gasteiger partial charge in [-0.15, -0.1) is 0 Å². The van der Waals surface area contributed by atoms with Crippen LogP contribution < -0.4 is 5.48 Å². The molecule has 0 radical (unpaired) electrons. The largest absolute Gasteiger partial charge is 0.338 e.